The van der Waals surface area contributed by atoms with Gasteiger partial charge < -0.3 is 14.8 Å². The minimum atomic E-state index is -1.06. The lowest BCUT2D eigenvalue weighted by molar-refractivity contribution is -0.141. The van der Waals surface area contributed by atoms with E-state index in [0.29, 0.717) is 18.1 Å². The highest BCUT2D eigenvalue weighted by atomic mass is 16.4. The zero-order valence-corrected chi connectivity index (χ0v) is 12.5. The van der Waals surface area contributed by atoms with Crippen molar-refractivity contribution in [2.24, 2.45) is 0 Å². The molecule has 0 radical (unpaired) electrons. The summed E-state index contributed by atoms with van der Waals surface area (Å²) in [5, 5.41) is 11.1. The van der Waals surface area contributed by atoms with E-state index in [1.165, 1.54) is 6.92 Å². The van der Waals surface area contributed by atoms with Crippen LogP contribution in [0.25, 0.3) is 11.3 Å². The van der Waals surface area contributed by atoms with Crippen LogP contribution in [0.15, 0.2) is 34.9 Å². The Bertz CT molecular complexity index is 661. The maximum absolute atomic E-state index is 11.6. The Morgan fingerprint density at radius 1 is 1.32 bits per heavy atom. The number of carboxylic acids is 1. The summed E-state index contributed by atoms with van der Waals surface area (Å²) in [5.74, 6) is -0.306. The molecule has 1 heterocycles. The fourth-order valence-electron chi connectivity index (χ4n) is 1.87. The highest BCUT2D eigenvalue weighted by Crippen LogP contribution is 2.21. The largest absolute Gasteiger partial charge is 0.480 e. The number of aryl methyl sites for hydroxylation is 2. The van der Waals surface area contributed by atoms with Crippen LogP contribution < -0.4 is 5.32 Å². The van der Waals surface area contributed by atoms with E-state index in [0.717, 1.165) is 11.1 Å². The molecule has 0 spiro atoms. The van der Waals surface area contributed by atoms with Crippen molar-refractivity contribution >= 4 is 11.9 Å². The van der Waals surface area contributed by atoms with E-state index in [2.05, 4.69) is 10.3 Å². The van der Waals surface area contributed by atoms with E-state index in [-0.39, 0.29) is 12.3 Å². The normalized spacial score (nSPS) is 11.9. The van der Waals surface area contributed by atoms with Crippen molar-refractivity contribution in [1.29, 1.82) is 0 Å². The first kappa shape index (κ1) is 15.8. The molecule has 0 saturated heterocycles. The Morgan fingerprint density at radius 2 is 2.00 bits per heavy atom. The number of oxazole rings is 1. The molecule has 1 unspecified atom stereocenters. The van der Waals surface area contributed by atoms with Crippen LogP contribution in [0.5, 0.6) is 0 Å². The molecule has 2 aromatic rings. The van der Waals surface area contributed by atoms with Crippen molar-refractivity contribution in [1.82, 2.24) is 10.3 Å². The number of nitrogens with zero attached hydrogens (tertiary/aromatic N) is 1. The monoisotopic (exact) mass is 302 g/mol. The van der Waals surface area contributed by atoms with Gasteiger partial charge in [-0.2, -0.15) is 0 Å². The number of carboxylic acid groups (broad SMARTS) is 1. The molecule has 22 heavy (non-hydrogen) atoms. The predicted octanol–water partition coefficient (Wildman–Crippen LogP) is 2.17. The quantitative estimate of drug-likeness (QED) is 0.853. The number of benzene rings is 1. The third-order valence-electron chi connectivity index (χ3n) is 3.20. The lowest BCUT2D eigenvalue weighted by Crippen LogP contribution is -2.38. The summed E-state index contributed by atoms with van der Waals surface area (Å²) in [6, 6.07) is 6.96. The van der Waals surface area contributed by atoms with Gasteiger partial charge in [0.05, 0.1) is 6.20 Å². The molecule has 2 rings (SSSR count). The van der Waals surface area contributed by atoms with Crippen LogP contribution in [0.2, 0.25) is 0 Å². The summed E-state index contributed by atoms with van der Waals surface area (Å²) in [6.07, 6.45) is 2.08. The smallest absolute Gasteiger partial charge is 0.325 e. The van der Waals surface area contributed by atoms with Crippen LogP contribution in [-0.4, -0.2) is 28.0 Å². The molecule has 0 fully saturated rings. The highest BCUT2D eigenvalue weighted by Gasteiger charge is 2.14. The maximum atomic E-state index is 11.6. The molecule has 1 aromatic heterocycles. The SMILES string of the molecule is Cc1ccc(-c2cnc(CCC(=O)NC(C)C(=O)O)o2)cc1. The van der Waals surface area contributed by atoms with Crippen LogP contribution in [0.1, 0.15) is 24.8 Å². The van der Waals surface area contributed by atoms with Gasteiger partial charge in [0, 0.05) is 18.4 Å². The average Bonchev–Trinajstić information content (AvgIpc) is 2.94. The molecule has 0 aliphatic carbocycles. The molecule has 1 atom stereocenters. The van der Waals surface area contributed by atoms with E-state index in [9.17, 15) is 9.59 Å². The average molecular weight is 302 g/mol. The first-order valence-corrected chi connectivity index (χ1v) is 6.99. The zero-order chi connectivity index (χ0) is 16.1. The van der Waals surface area contributed by atoms with Crippen molar-refractivity contribution in [3.8, 4) is 11.3 Å². The van der Waals surface area contributed by atoms with Crippen LogP contribution in [0.3, 0.4) is 0 Å². The van der Waals surface area contributed by atoms with Crippen molar-refractivity contribution in [3.05, 3.63) is 41.9 Å². The first-order chi connectivity index (χ1) is 10.5. The van der Waals surface area contributed by atoms with E-state index in [1.54, 1.807) is 6.20 Å². The summed E-state index contributed by atoms with van der Waals surface area (Å²) >= 11 is 0. The van der Waals surface area contributed by atoms with Crippen LogP contribution in [0, 0.1) is 6.92 Å². The van der Waals surface area contributed by atoms with Gasteiger partial charge in [-0.3, -0.25) is 9.59 Å². The topological polar surface area (TPSA) is 92.4 Å². The third kappa shape index (κ3) is 4.18. The van der Waals surface area contributed by atoms with Crippen molar-refractivity contribution < 1.29 is 19.1 Å². The Kier molecular flexibility index (Phi) is 4.93. The number of nitrogens with one attached hydrogen (secondary N) is 1. The second-order valence-electron chi connectivity index (χ2n) is 5.11. The maximum Gasteiger partial charge on any atom is 0.325 e. The Morgan fingerprint density at radius 3 is 2.64 bits per heavy atom. The van der Waals surface area contributed by atoms with Gasteiger partial charge in [-0.15, -0.1) is 0 Å². The number of aromatic nitrogens is 1. The number of carbonyl (C=O) groups excluding carboxylic acids is 1. The summed E-state index contributed by atoms with van der Waals surface area (Å²) in [5.41, 5.74) is 2.08. The minimum absolute atomic E-state index is 0.130. The molecule has 0 saturated carbocycles. The van der Waals surface area contributed by atoms with Gasteiger partial charge in [-0.05, 0) is 13.8 Å². The summed E-state index contributed by atoms with van der Waals surface area (Å²) in [6.45, 7) is 3.42. The summed E-state index contributed by atoms with van der Waals surface area (Å²) in [4.78, 5) is 26.4. The van der Waals surface area contributed by atoms with Crippen LogP contribution in [-0.2, 0) is 16.0 Å². The summed E-state index contributed by atoms with van der Waals surface area (Å²) < 4.78 is 5.60. The van der Waals surface area contributed by atoms with Crippen molar-refractivity contribution in [2.75, 3.05) is 0 Å². The number of hydrogen-bond donors (Lipinski definition) is 2. The van der Waals surface area contributed by atoms with Gasteiger partial charge in [0.2, 0.25) is 5.91 Å². The van der Waals surface area contributed by atoms with E-state index in [1.807, 2.05) is 31.2 Å². The molecule has 0 aliphatic rings. The van der Waals surface area contributed by atoms with Gasteiger partial charge in [-0.25, -0.2) is 4.98 Å². The number of hydrogen-bond acceptors (Lipinski definition) is 4. The predicted molar refractivity (Wildman–Crippen MR) is 80.2 cm³/mol. The van der Waals surface area contributed by atoms with Gasteiger partial charge in [-0.1, -0.05) is 29.8 Å². The minimum Gasteiger partial charge on any atom is -0.480 e. The zero-order valence-electron chi connectivity index (χ0n) is 12.5. The molecule has 1 amide bonds. The van der Waals surface area contributed by atoms with E-state index in [4.69, 9.17) is 9.52 Å². The standard InChI is InChI=1S/C16H18N2O4/c1-10-3-5-12(6-4-10)13-9-17-15(22-13)8-7-14(19)18-11(2)16(20)21/h3-6,9,11H,7-8H2,1-2H3,(H,18,19)(H,20,21). The molecule has 116 valence electrons. The molecular formula is C16H18N2O4. The number of carbonyl (C=O) groups is 2. The lowest BCUT2D eigenvalue weighted by atomic mass is 10.1. The van der Waals surface area contributed by atoms with Crippen molar-refractivity contribution in [3.63, 3.8) is 0 Å². The second-order valence-corrected chi connectivity index (χ2v) is 5.11. The molecule has 0 aliphatic heterocycles. The van der Waals surface area contributed by atoms with Gasteiger partial charge in [0.1, 0.15) is 6.04 Å². The van der Waals surface area contributed by atoms with Crippen molar-refractivity contribution in [2.45, 2.75) is 32.7 Å². The van der Waals surface area contributed by atoms with Crippen LogP contribution in [0.4, 0.5) is 0 Å². The Hall–Kier alpha value is -2.63. The summed E-state index contributed by atoms with van der Waals surface area (Å²) in [7, 11) is 0. The first-order valence-electron chi connectivity index (χ1n) is 6.99. The van der Waals surface area contributed by atoms with E-state index >= 15 is 0 Å². The number of amides is 1. The van der Waals surface area contributed by atoms with Gasteiger partial charge >= 0.3 is 5.97 Å². The molecule has 1 aromatic carbocycles. The molecule has 0 bridgehead atoms. The van der Waals surface area contributed by atoms with Gasteiger partial charge in [0.25, 0.3) is 0 Å². The third-order valence-corrected chi connectivity index (χ3v) is 3.20. The Labute approximate surface area is 128 Å². The molecule has 2 N–H and O–H groups in total. The highest BCUT2D eigenvalue weighted by molar-refractivity contribution is 5.83. The lowest BCUT2D eigenvalue weighted by Gasteiger charge is -2.07. The van der Waals surface area contributed by atoms with Crippen LogP contribution >= 0.6 is 0 Å². The van der Waals surface area contributed by atoms with Gasteiger partial charge in [0.15, 0.2) is 11.7 Å². The fourth-order valence-corrected chi connectivity index (χ4v) is 1.87. The van der Waals surface area contributed by atoms with E-state index < -0.39 is 12.0 Å². The fraction of sp³-hybridized carbons (Fsp3) is 0.312. The molecular weight excluding hydrogens is 284 g/mol. The molecule has 6 heteroatoms. The Balaban J connectivity index is 1.91. The second kappa shape index (κ2) is 6.89. The molecule has 6 nitrogen and oxygen atoms in total. The number of aliphatic carboxylic acids is 1. The number of rotatable bonds is 6.